The van der Waals surface area contributed by atoms with E-state index < -0.39 is 5.92 Å². The molecule has 3 heterocycles. The molecule has 3 aromatic rings. The number of anilines is 1. The Morgan fingerprint density at radius 3 is 2.74 bits per heavy atom. The third kappa shape index (κ3) is 2.94. The van der Waals surface area contributed by atoms with Crippen LogP contribution in [0.2, 0.25) is 0 Å². The molecule has 1 aliphatic heterocycles. The predicted molar refractivity (Wildman–Crippen MR) is 104 cm³/mol. The molecule has 27 heavy (non-hydrogen) atoms. The van der Waals surface area contributed by atoms with E-state index in [0.29, 0.717) is 23.8 Å². The number of fused-ring (bicyclic) bond motifs is 1. The molecule has 6 nitrogen and oxygen atoms in total. The molecular weight excluding hydrogens is 362 g/mol. The largest absolute Gasteiger partial charge is 0.440 e. The topological polar surface area (TPSA) is 89.4 Å². The number of hydrogen-bond donors (Lipinski definition) is 1. The molecule has 0 saturated heterocycles. The number of nitrogens with zero attached hydrogens (tertiary/aromatic N) is 2. The van der Waals surface area contributed by atoms with Gasteiger partial charge < -0.3 is 15.1 Å². The fraction of sp³-hybridized carbons (Fsp3) is 0.250. The maximum absolute atomic E-state index is 13.3. The summed E-state index contributed by atoms with van der Waals surface area (Å²) in [4.78, 5) is 32.2. The molecule has 7 heteroatoms. The average molecular weight is 381 g/mol. The monoisotopic (exact) mass is 381 g/mol. The lowest BCUT2D eigenvalue weighted by Crippen LogP contribution is -2.45. The zero-order valence-electron chi connectivity index (χ0n) is 15.0. The Morgan fingerprint density at radius 2 is 2.04 bits per heavy atom. The first kappa shape index (κ1) is 17.5. The number of nitrogens with two attached hydrogens (primary N) is 1. The van der Waals surface area contributed by atoms with E-state index in [9.17, 15) is 9.59 Å². The van der Waals surface area contributed by atoms with Gasteiger partial charge in [-0.15, -0.1) is 11.3 Å². The summed E-state index contributed by atoms with van der Waals surface area (Å²) in [5, 5.41) is 1.93. The molecule has 2 unspecified atom stereocenters. The number of aryl methyl sites for hydroxylation is 1. The number of primary amides is 1. The average Bonchev–Trinajstić information content (AvgIpc) is 3.30. The minimum absolute atomic E-state index is 0.189. The van der Waals surface area contributed by atoms with Crippen LogP contribution in [0.3, 0.4) is 0 Å². The van der Waals surface area contributed by atoms with Gasteiger partial charge in [0.1, 0.15) is 5.76 Å². The maximum atomic E-state index is 13.3. The van der Waals surface area contributed by atoms with Crippen molar-refractivity contribution in [2.45, 2.75) is 32.2 Å². The van der Waals surface area contributed by atoms with Crippen LogP contribution in [0.4, 0.5) is 5.69 Å². The van der Waals surface area contributed by atoms with Crippen LogP contribution in [0.15, 0.2) is 46.2 Å². The summed E-state index contributed by atoms with van der Waals surface area (Å²) < 4.78 is 5.73. The molecule has 2 N–H and O–H groups in total. The predicted octanol–water partition coefficient (Wildman–Crippen LogP) is 3.72. The minimum atomic E-state index is -0.402. The van der Waals surface area contributed by atoms with E-state index in [1.54, 1.807) is 11.8 Å². The standard InChI is InChI=1S/C20H19N3O3S/c1-11-10-14(18(21)24)13-6-3-4-7-15(13)23(11)20(25)17-12(2)26-19(22-17)16-8-5-9-27-16/h3-9,11,14H,10H2,1-2H3,(H2,21,24). The molecule has 1 aliphatic rings. The zero-order chi connectivity index (χ0) is 19.1. The number of amides is 2. The van der Waals surface area contributed by atoms with E-state index in [1.807, 2.05) is 48.7 Å². The van der Waals surface area contributed by atoms with Crippen LogP contribution in [0, 0.1) is 6.92 Å². The highest BCUT2D eigenvalue weighted by molar-refractivity contribution is 7.13. The van der Waals surface area contributed by atoms with Crippen LogP contribution >= 0.6 is 11.3 Å². The van der Waals surface area contributed by atoms with Crippen molar-refractivity contribution in [3.05, 3.63) is 58.8 Å². The second kappa shape index (κ2) is 6.66. The molecule has 2 atom stereocenters. The van der Waals surface area contributed by atoms with E-state index in [0.717, 1.165) is 10.4 Å². The molecule has 0 fully saturated rings. The van der Waals surface area contributed by atoms with Crippen LogP contribution in [-0.4, -0.2) is 22.8 Å². The first-order chi connectivity index (χ1) is 13.0. The smallest absolute Gasteiger partial charge is 0.280 e. The quantitative estimate of drug-likeness (QED) is 0.749. The number of oxazole rings is 1. The van der Waals surface area contributed by atoms with Gasteiger partial charge in [-0.1, -0.05) is 24.3 Å². The number of thiophene rings is 1. The lowest BCUT2D eigenvalue weighted by molar-refractivity contribution is -0.119. The molecule has 4 rings (SSSR count). The molecule has 0 spiro atoms. The number of benzene rings is 1. The van der Waals surface area contributed by atoms with Gasteiger partial charge in [0.2, 0.25) is 11.8 Å². The normalized spacial score (nSPS) is 19.0. The van der Waals surface area contributed by atoms with Crippen molar-refractivity contribution in [3.8, 4) is 10.8 Å². The Labute approximate surface area is 160 Å². The molecule has 0 aliphatic carbocycles. The number of carbonyl (C=O) groups is 2. The fourth-order valence-electron chi connectivity index (χ4n) is 3.61. The van der Waals surface area contributed by atoms with E-state index in [4.69, 9.17) is 10.2 Å². The summed E-state index contributed by atoms with van der Waals surface area (Å²) in [6.07, 6.45) is 0.479. The van der Waals surface area contributed by atoms with Crippen LogP contribution in [0.25, 0.3) is 10.8 Å². The third-order valence-electron chi connectivity index (χ3n) is 4.88. The van der Waals surface area contributed by atoms with Crippen molar-refractivity contribution in [3.63, 3.8) is 0 Å². The Hall–Kier alpha value is -2.93. The summed E-state index contributed by atoms with van der Waals surface area (Å²) >= 11 is 1.51. The van der Waals surface area contributed by atoms with Gasteiger partial charge in [-0.25, -0.2) is 4.98 Å². The summed E-state index contributed by atoms with van der Waals surface area (Å²) in [6.45, 7) is 3.66. The van der Waals surface area contributed by atoms with Crippen molar-refractivity contribution in [1.82, 2.24) is 4.98 Å². The number of para-hydroxylation sites is 1. The van der Waals surface area contributed by atoms with Gasteiger partial charge >= 0.3 is 0 Å². The van der Waals surface area contributed by atoms with Gasteiger partial charge in [-0.2, -0.15) is 0 Å². The van der Waals surface area contributed by atoms with Crippen molar-refractivity contribution >= 4 is 28.8 Å². The summed E-state index contributed by atoms with van der Waals surface area (Å²) in [7, 11) is 0. The number of rotatable bonds is 3. The molecular formula is C20H19N3O3S. The number of hydrogen-bond acceptors (Lipinski definition) is 5. The summed E-state index contributed by atoms with van der Waals surface area (Å²) in [6, 6.07) is 11.0. The van der Waals surface area contributed by atoms with Crippen LogP contribution in [-0.2, 0) is 4.79 Å². The first-order valence-electron chi connectivity index (χ1n) is 8.70. The van der Waals surface area contributed by atoms with Gasteiger partial charge in [-0.05, 0) is 43.3 Å². The SMILES string of the molecule is Cc1oc(-c2cccs2)nc1C(=O)N1c2ccccc2C(C(N)=O)CC1C. The molecule has 2 aromatic heterocycles. The van der Waals surface area contributed by atoms with Crippen molar-refractivity contribution in [2.24, 2.45) is 5.73 Å². The second-order valence-electron chi connectivity index (χ2n) is 6.67. The number of aromatic nitrogens is 1. The highest BCUT2D eigenvalue weighted by atomic mass is 32.1. The highest BCUT2D eigenvalue weighted by Crippen LogP contribution is 2.39. The van der Waals surface area contributed by atoms with Crippen molar-refractivity contribution in [2.75, 3.05) is 4.90 Å². The Kier molecular flexibility index (Phi) is 4.31. The highest BCUT2D eigenvalue weighted by Gasteiger charge is 2.37. The van der Waals surface area contributed by atoms with Crippen LogP contribution < -0.4 is 10.6 Å². The van der Waals surface area contributed by atoms with Crippen LogP contribution in [0.1, 0.15) is 41.1 Å². The van der Waals surface area contributed by atoms with Crippen molar-refractivity contribution in [1.29, 1.82) is 0 Å². The molecule has 0 radical (unpaired) electrons. The van der Waals surface area contributed by atoms with Crippen LogP contribution in [0.5, 0.6) is 0 Å². The Morgan fingerprint density at radius 1 is 1.26 bits per heavy atom. The van der Waals surface area contributed by atoms with Gasteiger partial charge in [0.05, 0.1) is 10.8 Å². The lowest BCUT2D eigenvalue weighted by atomic mass is 9.85. The van der Waals surface area contributed by atoms with E-state index in [2.05, 4.69) is 4.98 Å². The van der Waals surface area contributed by atoms with E-state index >= 15 is 0 Å². The Bertz CT molecular complexity index is 1010. The molecule has 0 bridgehead atoms. The van der Waals surface area contributed by atoms with Gasteiger partial charge in [0.25, 0.3) is 5.91 Å². The van der Waals surface area contributed by atoms with Gasteiger partial charge in [0, 0.05) is 11.7 Å². The molecule has 138 valence electrons. The summed E-state index contributed by atoms with van der Waals surface area (Å²) in [5.41, 5.74) is 7.35. The fourth-order valence-corrected chi connectivity index (χ4v) is 4.26. The number of carbonyl (C=O) groups excluding carboxylic acids is 2. The molecule has 0 saturated carbocycles. The van der Waals surface area contributed by atoms with Gasteiger partial charge in [-0.3, -0.25) is 9.59 Å². The molecule has 2 amide bonds. The minimum Gasteiger partial charge on any atom is -0.440 e. The maximum Gasteiger partial charge on any atom is 0.280 e. The molecule has 1 aromatic carbocycles. The lowest BCUT2D eigenvalue weighted by Gasteiger charge is -2.38. The first-order valence-corrected chi connectivity index (χ1v) is 9.58. The Balaban J connectivity index is 1.76. The van der Waals surface area contributed by atoms with E-state index in [-0.39, 0.29) is 23.6 Å². The van der Waals surface area contributed by atoms with E-state index in [1.165, 1.54) is 11.3 Å². The zero-order valence-corrected chi connectivity index (χ0v) is 15.8. The third-order valence-corrected chi connectivity index (χ3v) is 5.74. The van der Waals surface area contributed by atoms with Gasteiger partial charge in [0.15, 0.2) is 5.69 Å². The van der Waals surface area contributed by atoms with Crippen molar-refractivity contribution < 1.29 is 14.0 Å². The second-order valence-corrected chi connectivity index (χ2v) is 7.62. The summed E-state index contributed by atoms with van der Waals surface area (Å²) in [5.74, 6) is -0.0924.